The van der Waals surface area contributed by atoms with Crippen molar-refractivity contribution < 1.29 is 14.6 Å². The van der Waals surface area contributed by atoms with E-state index in [1.165, 1.54) is 0 Å². The van der Waals surface area contributed by atoms with Crippen molar-refractivity contribution in [2.75, 3.05) is 6.61 Å². The summed E-state index contributed by atoms with van der Waals surface area (Å²) in [6.07, 6.45) is 2.21. The van der Waals surface area contributed by atoms with Crippen LogP contribution in [0.4, 0.5) is 0 Å². The van der Waals surface area contributed by atoms with Crippen molar-refractivity contribution in [2.45, 2.75) is 13.3 Å². The molecule has 0 fully saturated rings. The van der Waals surface area contributed by atoms with Crippen LogP contribution in [0.15, 0.2) is 30.9 Å². The first-order chi connectivity index (χ1) is 7.19. The molecule has 0 aliphatic carbocycles. The Labute approximate surface area is 89.0 Å². The molecule has 0 aliphatic heterocycles. The van der Waals surface area contributed by atoms with Gasteiger partial charge in [-0.05, 0) is 37.1 Å². The standard InChI is InChI=1S/C12H14O3/c1-3-5-9-8-10(15-4-2)6-7-11(9)12(13)14/h3,6-8H,1,4-5H2,2H3,(H,13,14). The first kappa shape index (κ1) is 11.3. The first-order valence-corrected chi connectivity index (χ1v) is 4.79. The quantitative estimate of drug-likeness (QED) is 0.753. The van der Waals surface area contributed by atoms with Gasteiger partial charge in [-0.3, -0.25) is 0 Å². The molecule has 1 aromatic carbocycles. The Bertz CT molecular complexity index is 369. The summed E-state index contributed by atoms with van der Waals surface area (Å²) in [7, 11) is 0. The molecule has 0 spiro atoms. The van der Waals surface area contributed by atoms with E-state index in [0.29, 0.717) is 24.3 Å². The average Bonchev–Trinajstić information content (AvgIpc) is 2.18. The molecular weight excluding hydrogens is 192 g/mol. The molecule has 3 nitrogen and oxygen atoms in total. The minimum Gasteiger partial charge on any atom is -0.494 e. The maximum Gasteiger partial charge on any atom is 0.335 e. The van der Waals surface area contributed by atoms with Gasteiger partial charge in [0, 0.05) is 0 Å². The largest absolute Gasteiger partial charge is 0.494 e. The molecule has 15 heavy (non-hydrogen) atoms. The molecule has 80 valence electrons. The van der Waals surface area contributed by atoms with Crippen LogP contribution in [0.5, 0.6) is 5.75 Å². The van der Waals surface area contributed by atoms with Crippen LogP contribution in [-0.2, 0) is 6.42 Å². The highest BCUT2D eigenvalue weighted by molar-refractivity contribution is 5.89. The van der Waals surface area contributed by atoms with Crippen molar-refractivity contribution in [2.24, 2.45) is 0 Å². The van der Waals surface area contributed by atoms with Crippen molar-refractivity contribution in [3.63, 3.8) is 0 Å². The summed E-state index contributed by atoms with van der Waals surface area (Å²) in [4.78, 5) is 10.9. The molecule has 0 aromatic heterocycles. The molecule has 0 aliphatic rings. The van der Waals surface area contributed by atoms with Gasteiger partial charge in [0.05, 0.1) is 12.2 Å². The molecule has 0 saturated carbocycles. The van der Waals surface area contributed by atoms with Gasteiger partial charge >= 0.3 is 5.97 Å². The second kappa shape index (κ2) is 5.20. The van der Waals surface area contributed by atoms with Crippen molar-refractivity contribution in [3.05, 3.63) is 42.0 Å². The molecule has 0 atom stereocenters. The van der Waals surface area contributed by atoms with E-state index in [1.807, 2.05) is 6.92 Å². The van der Waals surface area contributed by atoms with Crippen LogP contribution in [0.3, 0.4) is 0 Å². The van der Waals surface area contributed by atoms with E-state index in [-0.39, 0.29) is 0 Å². The van der Waals surface area contributed by atoms with Crippen molar-refractivity contribution in [1.82, 2.24) is 0 Å². The lowest BCUT2D eigenvalue weighted by molar-refractivity contribution is 0.0696. The van der Waals surface area contributed by atoms with Crippen LogP contribution in [0.2, 0.25) is 0 Å². The third kappa shape index (κ3) is 2.84. The molecular formula is C12H14O3. The molecule has 0 radical (unpaired) electrons. The third-order valence-corrected chi connectivity index (χ3v) is 1.98. The summed E-state index contributed by atoms with van der Waals surface area (Å²) in [5, 5.41) is 8.94. The Hall–Kier alpha value is -1.77. The lowest BCUT2D eigenvalue weighted by Crippen LogP contribution is -2.02. The van der Waals surface area contributed by atoms with E-state index in [1.54, 1.807) is 24.3 Å². The van der Waals surface area contributed by atoms with Gasteiger partial charge in [-0.15, -0.1) is 6.58 Å². The summed E-state index contributed by atoms with van der Waals surface area (Å²) in [5.41, 5.74) is 1.03. The fraction of sp³-hybridized carbons (Fsp3) is 0.250. The number of hydrogen-bond acceptors (Lipinski definition) is 2. The summed E-state index contributed by atoms with van der Waals surface area (Å²) < 4.78 is 5.30. The second-order valence-corrected chi connectivity index (χ2v) is 3.05. The van der Waals surface area contributed by atoms with Crippen LogP contribution < -0.4 is 4.74 Å². The maximum absolute atomic E-state index is 10.9. The fourth-order valence-corrected chi connectivity index (χ4v) is 1.36. The van der Waals surface area contributed by atoms with E-state index < -0.39 is 5.97 Å². The SMILES string of the molecule is C=CCc1cc(OCC)ccc1C(=O)O. The lowest BCUT2D eigenvalue weighted by atomic mass is 10.0. The molecule has 1 N–H and O–H groups in total. The number of carboxylic acids is 1. The Morgan fingerprint density at radius 3 is 2.87 bits per heavy atom. The summed E-state index contributed by atoms with van der Waals surface area (Å²) in [6, 6.07) is 4.97. The third-order valence-electron chi connectivity index (χ3n) is 1.98. The van der Waals surface area contributed by atoms with Gasteiger partial charge in [-0.25, -0.2) is 4.79 Å². The molecule has 0 bridgehead atoms. The Kier molecular flexibility index (Phi) is 3.92. The van der Waals surface area contributed by atoms with Crippen molar-refractivity contribution in [3.8, 4) is 5.75 Å². The highest BCUT2D eigenvalue weighted by atomic mass is 16.5. The first-order valence-electron chi connectivity index (χ1n) is 4.79. The van der Waals surface area contributed by atoms with Gasteiger partial charge < -0.3 is 9.84 Å². The smallest absolute Gasteiger partial charge is 0.335 e. The van der Waals surface area contributed by atoms with Crippen LogP contribution in [0, 0.1) is 0 Å². The monoisotopic (exact) mass is 206 g/mol. The predicted molar refractivity (Wildman–Crippen MR) is 58.5 cm³/mol. The summed E-state index contributed by atoms with van der Waals surface area (Å²) in [5.74, 6) is -0.228. The maximum atomic E-state index is 10.9. The van der Waals surface area contributed by atoms with E-state index in [0.717, 1.165) is 5.56 Å². The Morgan fingerprint density at radius 2 is 2.33 bits per heavy atom. The molecule has 1 rings (SSSR count). The minimum absolute atomic E-state index is 0.304. The zero-order chi connectivity index (χ0) is 11.3. The van der Waals surface area contributed by atoms with E-state index >= 15 is 0 Å². The topological polar surface area (TPSA) is 46.5 Å². The molecule has 3 heteroatoms. The summed E-state index contributed by atoms with van der Waals surface area (Å²) >= 11 is 0. The highest BCUT2D eigenvalue weighted by Crippen LogP contribution is 2.19. The van der Waals surface area contributed by atoms with E-state index in [2.05, 4.69) is 6.58 Å². The van der Waals surface area contributed by atoms with Gasteiger partial charge in [0.2, 0.25) is 0 Å². The zero-order valence-corrected chi connectivity index (χ0v) is 8.69. The summed E-state index contributed by atoms with van der Waals surface area (Å²) in [6.45, 7) is 6.05. The van der Waals surface area contributed by atoms with Crippen LogP contribution in [0.25, 0.3) is 0 Å². The average molecular weight is 206 g/mol. The van der Waals surface area contributed by atoms with Crippen molar-refractivity contribution >= 4 is 5.97 Å². The van der Waals surface area contributed by atoms with Crippen molar-refractivity contribution in [1.29, 1.82) is 0 Å². The van der Waals surface area contributed by atoms with Crippen LogP contribution in [-0.4, -0.2) is 17.7 Å². The van der Waals surface area contributed by atoms with E-state index in [9.17, 15) is 4.79 Å². The van der Waals surface area contributed by atoms with Gasteiger partial charge in [0.1, 0.15) is 5.75 Å². The number of hydrogen-bond donors (Lipinski definition) is 1. The van der Waals surface area contributed by atoms with Gasteiger partial charge in [-0.2, -0.15) is 0 Å². The van der Waals surface area contributed by atoms with Crippen LogP contribution in [0.1, 0.15) is 22.8 Å². The second-order valence-electron chi connectivity index (χ2n) is 3.05. The number of carbonyl (C=O) groups is 1. The van der Waals surface area contributed by atoms with Gasteiger partial charge in [-0.1, -0.05) is 6.08 Å². The number of benzene rings is 1. The number of aromatic carboxylic acids is 1. The van der Waals surface area contributed by atoms with E-state index in [4.69, 9.17) is 9.84 Å². The number of allylic oxidation sites excluding steroid dienone is 1. The van der Waals surface area contributed by atoms with Gasteiger partial charge in [0.25, 0.3) is 0 Å². The lowest BCUT2D eigenvalue weighted by Gasteiger charge is -2.07. The fourth-order valence-electron chi connectivity index (χ4n) is 1.36. The minimum atomic E-state index is -0.921. The normalized spacial score (nSPS) is 9.67. The molecule has 1 aromatic rings. The molecule has 0 saturated heterocycles. The van der Waals surface area contributed by atoms with Crippen LogP contribution >= 0.6 is 0 Å². The highest BCUT2D eigenvalue weighted by Gasteiger charge is 2.09. The Morgan fingerprint density at radius 1 is 1.60 bits per heavy atom. The van der Waals surface area contributed by atoms with Gasteiger partial charge in [0.15, 0.2) is 0 Å². The Balaban J connectivity index is 3.08. The zero-order valence-electron chi connectivity index (χ0n) is 8.69. The predicted octanol–water partition coefficient (Wildman–Crippen LogP) is 2.51. The number of carboxylic acid groups (broad SMARTS) is 1. The molecule has 0 heterocycles. The molecule has 0 unspecified atom stereocenters. The number of rotatable bonds is 5. The number of ether oxygens (including phenoxy) is 1. The molecule has 0 amide bonds.